The van der Waals surface area contributed by atoms with Gasteiger partial charge in [-0.2, -0.15) is 5.43 Å². The lowest BCUT2D eigenvalue weighted by molar-refractivity contribution is -0.349. The molecule has 6 nitrogen and oxygen atoms in total. The van der Waals surface area contributed by atoms with Gasteiger partial charge in [0, 0.05) is 0 Å². The van der Waals surface area contributed by atoms with Crippen molar-refractivity contribution in [3.8, 4) is 5.75 Å². The standard InChI is InChI=1S/C14H13N3O3/c1-20-13-10-6-5-9-12(13)14(17(18)19)16-15-11-7-3-2-4-8-11/h2-10,15H,1H3/b16-14+. The molecule has 0 radical (unpaired) electrons. The van der Waals surface area contributed by atoms with Crippen LogP contribution in [0.2, 0.25) is 0 Å². The second-order valence-electron chi connectivity index (χ2n) is 3.87. The van der Waals surface area contributed by atoms with Crippen LogP contribution in [-0.4, -0.2) is 17.9 Å². The largest absolute Gasteiger partial charge is 0.496 e. The third kappa shape index (κ3) is 3.11. The van der Waals surface area contributed by atoms with Crippen LogP contribution in [0.25, 0.3) is 0 Å². The average Bonchev–Trinajstić information content (AvgIpc) is 2.48. The van der Waals surface area contributed by atoms with Crippen molar-refractivity contribution in [2.24, 2.45) is 5.10 Å². The molecule has 2 aromatic rings. The molecule has 0 aromatic heterocycles. The Balaban J connectivity index is 2.34. The van der Waals surface area contributed by atoms with Gasteiger partial charge in [-0.3, -0.25) is 0 Å². The maximum atomic E-state index is 11.2. The van der Waals surface area contributed by atoms with Crippen molar-refractivity contribution < 1.29 is 9.66 Å². The molecule has 0 saturated carbocycles. The Hall–Kier alpha value is -2.89. The van der Waals surface area contributed by atoms with Crippen molar-refractivity contribution in [3.05, 3.63) is 70.3 Å². The second kappa shape index (κ2) is 6.33. The number of methoxy groups -OCH3 is 1. The minimum atomic E-state index is -0.548. The minimum absolute atomic E-state index is 0.300. The lowest BCUT2D eigenvalue weighted by Gasteiger charge is -2.05. The van der Waals surface area contributed by atoms with Crippen molar-refractivity contribution in [1.82, 2.24) is 0 Å². The smallest absolute Gasteiger partial charge is 0.399 e. The maximum absolute atomic E-state index is 11.2. The molecule has 0 amide bonds. The molecule has 0 fully saturated rings. The Morgan fingerprint density at radius 1 is 1.15 bits per heavy atom. The van der Waals surface area contributed by atoms with E-state index < -0.39 is 4.92 Å². The molecular weight excluding hydrogens is 258 g/mol. The second-order valence-corrected chi connectivity index (χ2v) is 3.87. The van der Waals surface area contributed by atoms with Crippen LogP contribution >= 0.6 is 0 Å². The Kier molecular flexibility index (Phi) is 4.28. The fraction of sp³-hybridized carbons (Fsp3) is 0.0714. The van der Waals surface area contributed by atoms with Gasteiger partial charge in [0.1, 0.15) is 11.3 Å². The van der Waals surface area contributed by atoms with E-state index in [1.54, 1.807) is 36.4 Å². The summed E-state index contributed by atoms with van der Waals surface area (Å²) in [7, 11) is 1.46. The first-order valence-electron chi connectivity index (χ1n) is 5.89. The molecule has 20 heavy (non-hydrogen) atoms. The van der Waals surface area contributed by atoms with Gasteiger partial charge in [-0.05, 0) is 29.2 Å². The number of para-hydroxylation sites is 2. The quantitative estimate of drug-likeness (QED) is 0.401. The average molecular weight is 271 g/mol. The predicted molar refractivity (Wildman–Crippen MR) is 76.6 cm³/mol. The molecule has 0 heterocycles. The number of nitrogens with one attached hydrogen (secondary N) is 1. The summed E-state index contributed by atoms with van der Waals surface area (Å²) >= 11 is 0. The first-order chi connectivity index (χ1) is 9.72. The normalized spacial score (nSPS) is 10.9. The summed E-state index contributed by atoms with van der Waals surface area (Å²) in [5.74, 6) is 0.101. The molecule has 102 valence electrons. The lowest BCUT2D eigenvalue weighted by Crippen LogP contribution is -2.16. The lowest BCUT2D eigenvalue weighted by atomic mass is 10.2. The fourth-order valence-corrected chi connectivity index (χ4v) is 1.66. The van der Waals surface area contributed by atoms with E-state index in [-0.39, 0.29) is 5.84 Å². The summed E-state index contributed by atoms with van der Waals surface area (Å²) in [5.41, 5.74) is 3.66. The monoisotopic (exact) mass is 271 g/mol. The Bertz CT molecular complexity index is 627. The van der Waals surface area contributed by atoms with Crippen LogP contribution in [0.4, 0.5) is 5.69 Å². The molecular formula is C14H13N3O3. The van der Waals surface area contributed by atoms with E-state index in [9.17, 15) is 10.1 Å². The van der Waals surface area contributed by atoms with Gasteiger partial charge < -0.3 is 14.9 Å². The van der Waals surface area contributed by atoms with Gasteiger partial charge in [-0.25, -0.2) is 0 Å². The number of nitrogens with zero attached hydrogens (tertiary/aromatic N) is 2. The highest BCUT2D eigenvalue weighted by Crippen LogP contribution is 2.19. The van der Waals surface area contributed by atoms with Crippen LogP contribution in [0.5, 0.6) is 5.75 Å². The third-order valence-electron chi connectivity index (χ3n) is 2.59. The highest BCUT2D eigenvalue weighted by molar-refractivity contribution is 5.95. The molecule has 0 aliphatic heterocycles. The molecule has 0 saturated heterocycles. The van der Waals surface area contributed by atoms with Gasteiger partial charge in [0.25, 0.3) is 0 Å². The number of rotatable bonds is 4. The van der Waals surface area contributed by atoms with Crippen LogP contribution in [0.3, 0.4) is 0 Å². The van der Waals surface area contributed by atoms with Gasteiger partial charge in [-0.1, -0.05) is 30.3 Å². The van der Waals surface area contributed by atoms with Crippen LogP contribution in [-0.2, 0) is 0 Å². The zero-order valence-corrected chi connectivity index (χ0v) is 10.8. The zero-order chi connectivity index (χ0) is 14.4. The van der Waals surface area contributed by atoms with Crippen molar-refractivity contribution in [1.29, 1.82) is 0 Å². The van der Waals surface area contributed by atoms with Crippen molar-refractivity contribution in [2.45, 2.75) is 0 Å². The topological polar surface area (TPSA) is 76.8 Å². The third-order valence-corrected chi connectivity index (χ3v) is 2.59. The number of anilines is 1. The van der Waals surface area contributed by atoms with Crippen molar-refractivity contribution >= 4 is 11.5 Å². The molecule has 0 unspecified atom stereocenters. The number of hydrogen-bond donors (Lipinski definition) is 1. The van der Waals surface area contributed by atoms with E-state index in [2.05, 4.69) is 10.5 Å². The Labute approximate surface area is 115 Å². The number of nitro groups is 1. The molecule has 1 N–H and O–H groups in total. The zero-order valence-electron chi connectivity index (χ0n) is 10.8. The Morgan fingerprint density at radius 3 is 2.45 bits per heavy atom. The van der Waals surface area contributed by atoms with Crippen LogP contribution < -0.4 is 10.2 Å². The number of amidine groups is 1. The van der Waals surface area contributed by atoms with Crippen LogP contribution in [0, 0.1) is 10.1 Å². The van der Waals surface area contributed by atoms with Gasteiger partial charge in [0.05, 0.1) is 17.9 Å². The van der Waals surface area contributed by atoms with Crippen molar-refractivity contribution in [3.63, 3.8) is 0 Å². The summed E-state index contributed by atoms with van der Waals surface area (Å²) in [5, 5.41) is 15.0. The Morgan fingerprint density at radius 2 is 1.80 bits per heavy atom. The van der Waals surface area contributed by atoms with Gasteiger partial charge in [0.2, 0.25) is 0 Å². The fourth-order valence-electron chi connectivity index (χ4n) is 1.66. The highest BCUT2D eigenvalue weighted by Gasteiger charge is 2.20. The van der Waals surface area contributed by atoms with E-state index >= 15 is 0 Å². The summed E-state index contributed by atoms with van der Waals surface area (Å²) in [6.07, 6.45) is 0. The highest BCUT2D eigenvalue weighted by atomic mass is 16.6. The number of ether oxygens (including phenoxy) is 1. The first kappa shape index (κ1) is 13.5. The SMILES string of the molecule is COc1ccccc1/C(=N\Nc1ccccc1)[N+](=O)[O-]. The van der Waals surface area contributed by atoms with Crippen LogP contribution in [0.1, 0.15) is 5.56 Å². The molecule has 6 heteroatoms. The first-order valence-corrected chi connectivity index (χ1v) is 5.89. The number of benzene rings is 2. The van der Waals surface area contributed by atoms with Crippen LogP contribution in [0.15, 0.2) is 59.7 Å². The van der Waals surface area contributed by atoms with E-state index in [1.807, 2.05) is 18.2 Å². The number of hydrazone groups is 1. The minimum Gasteiger partial charge on any atom is -0.496 e. The summed E-state index contributed by atoms with van der Waals surface area (Å²) in [6.45, 7) is 0. The van der Waals surface area contributed by atoms with E-state index in [0.29, 0.717) is 17.0 Å². The molecule has 0 atom stereocenters. The molecule has 0 spiro atoms. The molecule has 0 aliphatic carbocycles. The summed E-state index contributed by atoms with van der Waals surface area (Å²) < 4.78 is 5.12. The van der Waals surface area contributed by atoms with Crippen molar-refractivity contribution in [2.75, 3.05) is 12.5 Å². The molecule has 0 bridgehead atoms. The molecule has 2 rings (SSSR count). The van der Waals surface area contributed by atoms with E-state index in [4.69, 9.17) is 4.74 Å². The molecule has 0 aliphatic rings. The van der Waals surface area contributed by atoms with Gasteiger partial charge in [0.15, 0.2) is 0 Å². The van der Waals surface area contributed by atoms with Gasteiger partial charge >= 0.3 is 5.84 Å². The van der Waals surface area contributed by atoms with E-state index in [1.165, 1.54) is 7.11 Å². The van der Waals surface area contributed by atoms with Gasteiger partial charge in [-0.15, -0.1) is 0 Å². The maximum Gasteiger partial charge on any atom is 0.399 e. The molecule has 2 aromatic carbocycles. The summed E-state index contributed by atoms with van der Waals surface area (Å²) in [4.78, 5) is 10.6. The van der Waals surface area contributed by atoms with E-state index in [0.717, 1.165) is 0 Å². The number of hydrogen-bond acceptors (Lipinski definition) is 5. The predicted octanol–water partition coefficient (Wildman–Crippen LogP) is 2.75. The summed E-state index contributed by atoms with van der Waals surface area (Å²) in [6, 6.07) is 15.7.